The average molecular weight is 324 g/mol. The summed E-state index contributed by atoms with van der Waals surface area (Å²) >= 11 is 0. The molecule has 24 heavy (non-hydrogen) atoms. The molecule has 0 fully saturated rings. The minimum absolute atomic E-state index is 0.0220. The molecule has 0 aromatic heterocycles. The van der Waals surface area contributed by atoms with Gasteiger partial charge in [0.1, 0.15) is 5.75 Å². The lowest BCUT2D eigenvalue weighted by Gasteiger charge is -2.17. The Hall–Kier alpha value is -2.49. The zero-order chi connectivity index (χ0) is 16.9. The second-order valence-electron chi connectivity index (χ2n) is 6.42. The molecule has 0 spiro atoms. The third kappa shape index (κ3) is 4.07. The minimum Gasteiger partial charge on any atom is -0.484 e. The first kappa shape index (κ1) is 16.4. The van der Waals surface area contributed by atoms with E-state index in [0.717, 1.165) is 30.0 Å². The van der Waals surface area contributed by atoms with Gasteiger partial charge in [-0.05, 0) is 73.2 Å². The van der Waals surface area contributed by atoms with Crippen molar-refractivity contribution in [1.82, 2.24) is 0 Å². The van der Waals surface area contributed by atoms with Gasteiger partial charge in [-0.1, -0.05) is 6.07 Å². The molecular formula is C20H24N2O2. The van der Waals surface area contributed by atoms with Gasteiger partial charge in [0.15, 0.2) is 6.61 Å². The Labute approximate surface area is 143 Å². The normalized spacial score (nSPS) is 13.1. The Kier molecular flexibility index (Phi) is 5.04. The lowest BCUT2D eigenvalue weighted by Crippen LogP contribution is -2.20. The van der Waals surface area contributed by atoms with Crippen LogP contribution in [0.5, 0.6) is 5.75 Å². The molecule has 0 radical (unpaired) electrons. The monoisotopic (exact) mass is 324 g/mol. The number of aryl methyl sites for hydroxylation is 2. The van der Waals surface area contributed by atoms with Gasteiger partial charge >= 0.3 is 0 Å². The van der Waals surface area contributed by atoms with E-state index < -0.39 is 0 Å². The summed E-state index contributed by atoms with van der Waals surface area (Å²) in [6.07, 6.45) is 4.76. The second-order valence-corrected chi connectivity index (χ2v) is 6.42. The number of carbonyl (C=O) groups excluding carboxylic acids is 1. The van der Waals surface area contributed by atoms with Crippen LogP contribution in [0.1, 0.15) is 24.0 Å². The molecule has 0 aliphatic heterocycles. The Balaban J connectivity index is 1.53. The van der Waals surface area contributed by atoms with Gasteiger partial charge in [-0.2, -0.15) is 0 Å². The summed E-state index contributed by atoms with van der Waals surface area (Å²) in [7, 11) is 3.97. The Bertz CT molecular complexity index is 708. The van der Waals surface area contributed by atoms with E-state index in [-0.39, 0.29) is 12.5 Å². The van der Waals surface area contributed by atoms with Crippen molar-refractivity contribution in [2.75, 3.05) is 30.9 Å². The first-order valence-electron chi connectivity index (χ1n) is 8.44. The van der Waals surface area contributed by atoms with Gasteiger partial charge < -0.3 is 15.0 Å². The molecule has 0 unspecified atom stereocenters. The smallest absolute Gasteiger partial charge is 0.262 e. The van der Waals surface area contributed by atoms with Crippen LogP contribution in [0.4, 0.5) is 11.4 Å². The highest BCUT2D eigenvalue weighted by Crippen LogP contribution is 2.25. The third-order valence-corrected chi connectivity index (χ3v) is 4.36. The molecule has 0 heterocycles. The molecule has 2 aromatic carbocycles. The number of carbonyl (C=O) groups is 1. The highest BCUT2D eigenvalue weighted by molar-refractivity contribution is 5.92. The van der Waals surface area contributed by atoms with Crippen molar-refractivity contribution in [1.29, 1.82) is 0 Å². The van der Waals surface area contributed by atoms with Crippen LogP contribution >= 0.6 is 0 Å². The molecule has 1 aliphatic carbocycles. The van der Waals surface area contributed by atoms with E-state index in [1.807, 2.05) is 49.3 Å². The van der Waals surface area contributed by atoms with Crippen LogP contribution < -0.4 is 15.0 Å². The van der Waals surface area contributed by atoms with Crippen LogP contribution in [0.15, 0.2) is 42.5 Å². The highest BCUT2D eigenvalue weighted by Gasteiger charge is 2.11. The van der Waals surface area contributed by atoms with Crippen molar-refractivity contribution in [3.05, 3.63) is 53.6 Å². The van der Waals surface area contributed by atoms with Crippen molar-refractivity contribution in [3.8, 4) is 5.75 Å². The quantitative estimate of drug-likeness (QED) is 0.913. The van der Waals surface area contributed by atoms with Crippen LogP contribution in [0.2, 0.25) is 0 Å². The number of amides is 1. The van der Waals surface area contributed by atoms with E-state index in [4.69, 9.17) is 4.74 Å². The van der Waals surface area contributed by atoms with Crippen molar-refractivity contribution >= 4 is 17.3 Å². The van der Waals surface area contributed by atoms with Gasteiger partial charge in [0.05, 0.1) is 0 Å². The SMILES string of the molecule is CN(C)c1ccc(NC(=O)COc2ccc3c(c2)CCCC3)cc1. The maximum Gasteiger partial charge on any atom is 0.262 e. The number of ether oxygens (including phenoxy) is 1. The van der Waals surface area contributed by atoms with Gasteiger partial charge in [-0.25, -0.2) is 0 Å². The number of fused-ring (bicyclic) bond motifs is 1. The molecule has 1 aliphatic rings. The summed E-state index contributed by atoms with van der Waals surface area (Å²) in [6.45, 7) is 0.0220. The molecule has 1 amide bonds. The predicted molar refractivity (Wildman–Crippen MR) is 98.0 cm³/mol. The van der Waals surface area contributed by atoms with E-state index in [9.17, 15) is 4.79 Å². The predicted octanol–water partition coefficient (Wildman–Crippen LogP) is 3.65. The Morgan fingerprint density at radius 3 is 2.46 bits per heavy atom. The van der Waals surface area contributed by atoms with Crippen LogP contribution in [0, 0.1) is 0 Å². The fourth-order valence-electron chi connectivity index (χ4n) is 2.99. The van der Waals surface area contributed by atoms with Gasteiger partial charge in [-0.3, -0.25) is 4.79 Å². The van der Waals surface area contributed by atoms with Gasteiger partial charge in [0, 0.05) is 25.5 Å². The molecule has 126 valence electrons. The largest absolute Gasteiger partial charge is 0.484 e. The zero-order valence-corrected chi connectivity index (χ0v) is 14.3. The first-order chi connectivity index (χ1) is 11.6. The zero-order valence-electron chi connectivity index (χ0n) is 14.3. The average Bonchev–Trinajstić information content (AvgIpc) is 2.60. The fourth-order valence-corrected chi connectivity index (χ4v) is 2.99. The van der Waals surface area contributed by atoms with Crippen LogP contribution in [0.25, 0.3) is 0 Å². The standard InChI is InChI=1S/C20H24N2O2/c1-22(2)18-10-8-17(9-11-18)21-20(23)14-24-19-12-7-15-5-3-4-6-16(15)13-19/h7-13H,3-6,14H2,1-2H3,(H,21,23). The molecule has 0 saturated heterocycles. The summed E-state index contributed by atoms with van der Waals surface area (Å²) in [4.78, 5) is 14.1. The molecule has 4 nitrogen and oxygen atoms in total. The van der Waals surface area contributed by atoms with E-state index in [1.165, 1.54) is 24.0 Å². The summed E-state index contributed by atoms with van der Waals surface area (Å²) in [5.41, 5.74) is 4.65. The molecule has 2 aromatic rings. The molecule has 1 N–H and O–H groups in total. The lowest BCUT2D eigenvalue weighted by molar-refractivity contribution is -0.118. The number of hydrogen-bond donors (Lipinski definition) is 1. The molecule has 4 heteroatoms. The topological polar surface area (TPSA) is 41.6 Å². The van der Waals surface area contributed by atoms with Gasteiger partial charge in [0.2, 0.25) is 0 Å². The number of nitrogens with one attached hydrogen (secondary N) is 1. The molecule has 0 atom stereocenters. The number of nitrogens with zero attached hydrogens (tertiary/aromatic N) is 1. The van der Waals surface area contributed by atoms with E-state index in [1.54, 1.807) is 0 Å². The van der Waals surface area contributed by atoms with Crippen molar-refractivity contribution < 1.29 is 9.53 Å². The minimum atomic E-state index is -0.148. The third-order valence-electron chi connectivity index (χ3n) is 4.36. The Morgan fingerprint density at radius 2 is 1.75 bits per heavy atom. The van der Waals surface area contributed by atoms with Gasteiger partial charge in [-0.15, -0.1) is 0 Å². The Morgan fingerprint density at radius 1 is 1.04 bits per heavy atom. The van der Waals surface area contributed by atoms with Crippen molar-refractivity contribution in [2.45, 2.75) is 25.7 Å². The van der Waals surface area contributed by atoms with E-state index in [2.05, 4.69) is 17.4 Å². The fraction of sp³-hybridized carbons (Fsp3) is 0.350. The van der Waals surface area contributed by atoms with Crippen molar-refractivity contribution in [3.63, 3.8) is 0 Å². The van der Waals surface area contributed by atoms with Crippen LogP contribution in [-0.4, -0.2) is 26.6 Å². The lowest BCUT2D eigenvalue weighted by atomic mass is 9.92. The number of hydrogen-bond acceptors (Lipinski definition) is 3. The van der Waals surface area contributed by atoms with Gasteiger partial charge in [0.25, 0.3) is 5.91 Å². The number of rotatable bonds is 5. The van der Waals surface area contributed by atoms with Crippen LogP contribution in [-0.2, 0) is 17.6 Å². The van der Waals surface area contributed by atoms with E-state index >= 15 is 0 Å². The number of anilines is 2. The molecule has 3 rings (SSSR count). The molecular weight excluding hydrogens is 300 g/mol. The highest BCUT2D eigenvalue weighted by atomic mass is 16.5. The molecule has 0 bridgehead atoms. The first-order valence-corrected chi connectivity index (χ1v) is 8.44. The van der Waals surface area contributed by atoms with Crippen LogP contribution in [0.3, 0.4) is 0 Å². The number of benzene rings is 2. The maximum absolute atomic E-state index is 12.0. The summed E-state index contributed by atoms with van der Waals surface area (Å²) in [5.74, 6) is 0.624. The van der Waals surface area contributed by atoms with E-state index in [0.29, 0.717) is 0 Å². The summed E-state index contributed by atoms with van der Waals surface area (Å²) in [6, 6.07) is 13.9. The summed E-state index contributed by atoms with van der Waals surface area (Å²) < 4.78 is 5.65. The van der Waals surface area contributed by atoms with Crippen molar-refractivity contribution in [2.24, 2.45) is 0 Å². The summed E-state index contributed by atoms with van der Waals surface area (Å²) in [5, 5.41) is 2.86. The maximum atomic E-state index is 12.0. The molecule has 0 saturated carbocycles. The second kappa shape index (κ2) is 7.39.